The third kappa shape index (κ3) is 6.02. The van der Waals surface area contributed by atoms with Crippen LogP contribution in [-0.4, -0.2) is 65.4 Å². The number of carbonyl (C=O) groups is 4. The van der Waals surface area contributed by atoms with Gasteiger partial charge in [0.05, 0.1) is 16.8 Å². The molecule has 3 aromatic rings. The maximum atomic E-state index is 14.4. The van der Waals surface area contributed by atoms with E-state index in [1.165, 1.54) is 54.1 Å². The van der Waals surface area contributed by atoms with Gasteiger partial charge in [-0.3, -0.25) is 19.2 Å². The number of ketones is 1. The number of nitrogens with zero attached hydrogens (tertiary/aromatic N) is 2. The summed E-state index contributed by atoms with van der Waals surface area (Å²) in [6, 6.07) is 7.45. The van der Waals surface area contributed by atoms with Crippen LogP contribution in [0.4, 0.5) is 8.78 Å². The van der Waals surface area contributed by atoms with Crippen molar-refractivity contribution in [2.45, 2.75) is 56.7 Å². The highest BCUT2D eigenvalue weighted by molar-refractivity contribution is 7.91. The van der Waals surface area contributed by atoms with Crippen molar-refractivity contribution >= 4 is 56.0 Å². The normalized spacial score (nSPS) is 18.7. The molecule has 2 heterocycles. The molecule has 0 radical (unpaired) electrons. The Hall–Kier alpha value is -3.84. The van der Waals surface area contributed by atoms with Crippen molar-refractivity contribution in [3.8, 4) is 0 Å². The fourth-order valence-corrected chi connectivity index (χ4v) is 6.52. The minimum Gasteiger partial charge on any atom is -0.350 e. The Balaban J connectivity index is 1.34. The summed E-state index contributed by atoms with van der Waals surface area (Å²) in [4.78, 5) is 52.4. The van der Waals surface area contributed by atoms with Gasteiger partial charge in [-0.2, -0.15) is 0 Å². The van der Waals surface area contributed by atoms with Crippen molar-refractivity contribution in [3.63, 3.8) is 0 Å². The third-order valence-corrected chi connectivity index (χ3v) is 9.49. The summed E-state index contributed by atoms with van der Waals surface area (Å²) in [5, 5.41) is 2.17. The molecule has 5 rings (SSSR count). The minimum atomic E-state index is -3.79. The Labute approximate surface area is 245 Å². The number of fused-ring (bicyclic) bond motifs is 1. The van der Waals surface area contributed by atoms with E-state index in [0.717, 1.165) is 4.90 Å². The molecule has 1 aliphatic heterocycles. The van der Waals surface area contributed by atoms with Crippen LogP contribution < -0.4 is 10.0 Å². The largest absolute Gasteiger partial charge is 0.350 e. The van der Waals surface area contributed by atoms with E-state index in [1.807, 2.05) is 0 Å². The van der Waals surface area contributed by atoms with Gasteiger partial charge in [-0.15, -0.1) is 0 Å². The Morgan fingerprint density at radius 2 is 1.86 bits per heavy atom. The lowest BCUT2D eigenvalue weighted by atomic mass is 10.1. The number of benzene rings is 2. The summed E-state index contributed by atoms with van der Waals surface area (Å²) in [5.41, 5.74) is 0.756. The van der Waals surface area contributed by atoms with Gasteiger partial charge in [-0.1, -0.05) is 23.7 Å². The molecule has 222 valence electrons. The van der Waals surface area contributed by atoms with E-state index >= 15 is 0 Å². The van der Waals surface area contributed by atoms with E-state index in [0.29, 0.717) is 23.7 Å². The number of sulfonamides is 1. The quantitative estimate of drug-likeness (QED) is 0.353. The zero-order valence-electron chi connectivity index (χ0n) is 22.4. The van der Waals surface area contributed by atoms with Gasteiger partial charge in [0.2, 0.25) is 21.8 Å². The number of halogens is 3. The topological polar surface area (TPSA) is 135 Å². The molecule has 1 saturated carbocycles. The molecule has 42 heavy (non-hydrogen) atoms. The zero-order valence-corrected chi connectivity index (χ0v) is 24.0. The van der Waals surface area contributed by atoms with Gasteiger partial charge in [-0.25, -0.2) is 21.9 Å². The number of aromatic nitrogens is 1. The van der Waals surface area contributed by atoms with E-state index in [9.17, 15) is 36.4 Å². The van der Waals surface area contributed by atoms with Crippen molar-refractivity contribution in [1.29, 1.82) is 0 Å². The molecule has 2 aliphatic rings. The van der Waals surface area contributed by atoms with E-state index in [2.05, 4.69) is 10.0 Å². The van der Waals surface area contributed by atoms with Crippen molar-refractivity contribution in [2.75, 3.05) is 6.54 Å². The number of alkyl halides is 1. The summed E-state index contributed by atoms with van der Waals surface area (Å²) >= 11 is 5.79. The lowest BCUT2D eigenvalue weighted by Gasteiger charge is -2.24. The molecule has 2 aromatic carbocycles. The highest BCUT2D eigenvalue weighted by Gasteiger charge is 2.40. The summed E-state index contributed by atoms with van der Waals surface area (Å²) in [6.07, 6.45) is 0.706. The fourth-order valence-electron chi connectivity index (χ4n) is 5.03. The Bertz CT molecular complexity index is 1720. The number of Topliss-reactive ketones (excluding diaryl/α,β-unsaturated/α-hetero) is 1. The SMILES string of the molecule is CC(=O)c1cn(CC(=O)N2C[C@H](F)C[C@H]2C(=O)NCc2cccc(Cl)c2F)c2ccc(C(=O)NS(=O)(=O)C3CC3)cc12. The second-order valence-corrected chi connectivity index (χ2v) is 12.8. The molecule has 1 aliphatic carbocycles. The molecule has 14 heteroatoms. The maximum Gasteiger partial charge on any atom is 0.264 e. The average molecular weight is 621 g/mol. The molecule has 3 amide bonds. The van der Waals surface area contributed by atoms with Gasteiger partial charge in [0.15, 0.2) is 5.78 Å². The van der Waals surface area contributed by atoms with E-state index < -0.39 is 51.0 Å². The summed E-state index contributed by atoms with van der Waals surface area (Å²) in [6.45, 7) is 0.442. The Kier molecular flexibility index (Phi) is 8.08. The maximum absolute atomic E-state index is 14.4. The highest BCUT2D eigenvalue weighted by Crippen LogP contribution is 2.29. The van der Waals surface area contributed by atoms with Gasteiger partial charge >= 0.3 is 0 Å². The van der Waals surface area contributed by atoms with Crippen LogP contribution in [0.15, 0.2) is 42.6 Å². The standard InChI is InChI=1S/C28H27ClF2N4O6S/c1-15(36)21-13-34(23-8-5-16(9-20(21)23)27(38)33-42(40,41)19-6-7-19)14-25(37)35-12-18(30)10-24(35)28(39)32-11-17-3-2-4-22(29)26(17)31/h2-5,8-9,13,18-19,24H,6-7,10-12,14H2,1H3,(H,32,39)(H,33,38)/t18-,24+/m1/s1. The second-order valence-electron chi connectivity index (χ2n) is 10.5. The van der Waals surface area contributed by atoms with Crippen LogP contribution in [-0.2, 0) is 32.7 Å². The molecule has 2 fully saturated rings. The van der Waals surface area contributed by atoms with Gasteiger partial charge in [0, 0.05) is 46.8 Å². The molecule has 2 atom stereocenters. The molecule has 1 saturated heterocycles. The van der Waals surface area contributed by atoms with Gasteiger partial charge in [-0.05, 0) is 44.0 Å². The first kappa shape index (κ1) is 29.6. The zero-order chi connectivity index (χ0) is 30.3. The average Bonchev–Trinajstić information content (AvgIpc) is 3.65. The van der Waals surface area contributed by atoms with Crippen LogP contribution in [0.3, 0.4) is 0 Å². The summed E-state index contributed by atoms with van der Waals surface area (Å²) in [7, 11) is -3.79. The summed E-state index contributed by atoms with van der Waals surface area (Å²) in [5.74, 6) is -3.12. The van der Waals surface area contributed by atoms with Crippen LogP contribution >= 0.6 is 11.6 Å². The highest BCUT2D eigenvalue weighted by atomic mass is 35.5. The predicted octanol–water partition coefficient (Wildman–Crippen LogP) is 3.11. The van der Waals surface area contributed by atoms with Gasteiger partial charge < -0.3 is 14.8 Å². The molecule has 1 aromatic heterocycles. The van der Waals surface area contributed by atoms with Crippen LogP contribution in [0.1, 0.15) is 52.5 Å². The van der Waals surface area contributed by atoms with Crippen LogP contribution in [0.2, 0.25) is 5.02 Å². The minimum absolute atomic E-state index is 0.0194. The Morgan fingerprint density at radius 3 is 2.55 bits per heavy atom. The van der Waals surface area contributed by atoms with Crippen molar-refractivity contribution in [3.05, 3.63) is 70.1 Å². The molecule has 0 unspecified atom stereocenters. The van der Waals surface area contributed by atoms with Gasteiger partial charge in [0.1, 0.15) is 24.6 Å². The first-order valence-electron chi connectivity index (χ1n) is 13.2. The van der Waals surface area contributed by atoms with E-state index in [4.69, 9.17) is 11.6 Å². The second kappa shape index (κ2) is 11.4. The lowest BCUT2D eigenvalue weighted by Crippen LogP contribution is -2.46. The number of nitrogens with one attached hydrogen (secondary N) is 2. The number of hydrogen-bond acceptors (Lipinski definition) is 6. The van der Waals surface area contributed by atoms with Gasteiger partial charge in [0.25, 0.3) is 5.91 Å². The third-order valence-electron chi connectivity index (χ3n) is 7.38. The van der Waals surface area contributed by atoms with Crippen molar-refractivity contribution in [2.24, 2.45) is 0 Å². The smallest absolute Gasteiger partial charge is 0.264 e. The van der Waals surface area contributed by atoms with E-state index in [-0.39, 0.29) is 53.6 Å². The summed E-state index contributed by atoms with van der Waals surface area (Å²) < 4.78 is 56.6. The first-order valence-corrected chi connectivity index (χ1v) is 15.1. The van der Waals surface area contributed by atoms with Crippen molar-refractivity contribution < 1.29 is 36.4 Å². The predicted molar refractivity (Wildman–Crippen MR) is 150 cm³/mol. The molecular weight excluding hydrogens is 594 g/mol. The molecule has 0 spiro atoms. The lowest BCUT2D eigenvalue weighted by molar-refractivity contribution is -0.139. The van der Waals surface area contributed by atoms with Crippen molar-refractivity contribution in [1.82, 2.24) is 19.5 Å². The molecule has 0 bridgehead atoms. The van der Waals surface area contributed by atoms with Crippen LogP contribution in [0.5, 0.6) is 0 Å². The molecule has 2 N–H and O–H groups in total. The molecule has 10 nitrogen and oxygen atoms in total. The number of amides is 3. The number of hydrogen-bond donors (Lipinski definition) is 2. The van der Waals surface area contributed by atoms with Crippen LogP contribution in [0.25, 0.3) is 10.9 Å². The fraction of sp³-hybridized carbons (Fsp3) is 0.357. The van der Waals surface area contributed by atoms with E-state index in [1.54, 1.807) is 0 Å². The Morgan fingerprint density at radius 1 is 1.12 bits per heavy atom. The number of rotatable bonds is 9. The molecular formula is C28H27ClF2N4O6S. The van der Waals surface area contributed by atoms with Crippen LogP contribution in [0, 0.1) is 5.82 Å². The number of carbonyl (C=O) groups excluding carboxylic acids is 4. The number of likely N-dealkylation sites (tertiary alicyclic amines) is 1. The monoisotopic (exact) mass is 620 g/mol. The first-order chi connectivity index (χ1) is 19.9.